The standard InChI is InChI=1S/C13H13ClFN/c1-4-8-16-12(5-2)10-6-7-11(14)13(15)9(10)3/h4-8H,1H2,2-3H3/b12-5-,16-8-. The maximum absolute atomic E-state index is 13.6. The Morgan fingerprint density at radius 1 is 1.50 bits per heavy atom. The average molecular weight is 238 g/mol. The molecular weight excluding hydrogens is 225 g/mol. The van der Waals surface area contributed by atoms with Crippen LogP contribution < -0.4 is 0 Å². The average Bonchev–Trinajstić information content (AvgIpc) is 2.29. The van der Waals surface area contributed by atoms with E-state index in [4.69, 9.17) is 11.6 Å². The third-order valence-corrected chi connectivity index (χ3v) is 2.50. The van der Waals surface area contributed by atoms with E-state index in [1.165, 1.54) is 6.07 Å². The third kappa shape index (κ3) is 2.58. The molecular formula is C13H13ClFN. The molecule has 0 N–H and O–H groups in total. The smallest absolute Gasteiger partial charge is 0.145 e. The SMILES string of the molecule is C=C/C=N\C(=C/C)c1ccc(Cl)c(F)c1C. The van der Waals surface area contributed by atoms with Crippen LogP contribution in [0.3, 0.4) is 0 Å². The molecule has 0 heterocycles. The summed E-state index contributed by atoms with van der Waals surface area (Å²) in [6, 6.07) is 3.29. The molecule has 0 spiro atoms. The predicted molar refractivity (Wildman–Crippen MR) is 68.5 cm³/mol. The molecule has 0 aliphatic rings. The van der Waals surface area contributed by atoms with Crippen molar-refractivity contribution in [3.05, 3.63) is 52.8 Å². The highest BCUT2D eigenvalue weighted by Crippen LogP contribution is 2.26. The molecule has 3 heteroatoms. The van der Waals surface area contributed by atoms with Crippen LogP contribution in [0.1, 0.15) is 18.1 Å². The van der Waals surface area contributed by atoms with E-state index in [0.29, 0.717) is 11.3 Å². The van der Waals surface area contributed by atoms with Gasteiger partial charge in [0.25, 0.3) is 0 Å². The Morgan fingerprint density at radius 3 is 2.75 bits per heavy atom. The molecule has 1 aromatic rings. The molecule has 0 fully saturated rings. The summed E-state index contributed by atoms with van der Waals surface area (Å²) in [6.45, 7) is 7.08. The lowest BCUT2D eigenvalue weighted by Crippen LogP contribution is -1.92. The number of nitrogens with zero attached hydrogens (tertiary/aromatic N) is 1. The minimum absolute atomic E-state index is 0.129. The molecule has 1 aromatic carbocycles. The van der Waals surface area contributed by atoms with E-state index in [9.17, 15) is 4.39 Å². The van der Waals surface area contributed by atoms with Crippen molar-refractivity contribution >= 4 is 23.5 Å². The van der Waals surface area contributed by atoms with Crippen molar-refractivity contribution in [1.82, 2.24) is 0 Å². The summed E-state index contributed by atoms with van der Waals surface area (Å²) >= 11 is 5.69. The summed E-state index contributed by atoms with van der Waals surface area (Å²) in [6.07, 6.45) is 4.96. The summed E-state index contributed by atoms with van der Waals surface area (Å²) in [4.78, 5) is 4.17. The number of allylic oxidation sites excluding steroid dienone is 2. The minimum Gasteiger partial charge on any atom is -0.257 e. The van der Waals surface area contributed by atoms with Gasteiger partial charge < -0.3 is 0 Å². The number of benzene rings is 1. The van der Waals surface area contributed by atoms with Crippen LogP contribution >= 0.6 is 11.6 Å². The van der Waals surface area contributed by atoms with Crippen LogP contribution in [0, 0.1) is 12.7 Å². The van der Waals surface area contributed by atoms with Crippen LogP contribution in [0.5, 0.6) is 0 Å². The molecule has 16 heavy (non-hydrogen) atoms. The minimum atomic E-state index is -0.396. The lowest BCUT2D eigenvalue weighted by atomic mass is 10.1. The number of halogens is 2. The van der Waals surface area contributed by atoms with E-state index in [1.807, 2.05) is 13.0 Å². The fourth-order valence-electron chi connectivity index (χ4n) is 1.36. The molecule has 1 rings (SSSR count). The highest BCUT2D eigenvalue weighted by molar-refractivity contribution is 6.30. The first kappa shape index (κ1) is 12.7. The van der Waals surface area contributed by atoms with Crippen molar-refractivity contribution in [3.8, 4) is 0 Å². The van der Waals surface area contributed by atoms with E-state index in [-0.39, 0.29) is 5.02 Å². The Balaban J connectivity index is 3.27. The Morgan fingerprint density at radius 2 is 2.19 bits per heavy atom. The molecule has 0 aromatic heterocycles. The van der Waals surface area contributed by atoms with E-state index < -0.39 is 5.82 Å². The summed E-state index contributed by atoms with van der Waals surface area (Å²) in [5.41, 5.74) is 1.94. The van der Waals surface area contributed by atoms with Gasteiger partial charge in [0.05, 0.1) is 10.7 Å². The zero-order chi connectivity index (χ0) is 12.1. The second-order valence-corrected chi connectivity index (χ2v) is 3.63. The third-order valence-electron chi connectivity index (χ3n) is 2.21. The van der Waals surface area contributed by atoms with Crippen LogP contribution in [0.15, 0.2) is 35.9 Å². The fourth-order valence-corrected chi connectivity index (χ4v) is 1.57. The van der Waals surface area contributed by atoms with Gasteiger partial charge in [-0.1, -0.05) is 36.4 Å². The summed E-state index contributed by atoms with van der Waals surface area (Å²) in [5.74, 6) is -0.396. The Labute approximate surface area is 100.0 Å². The van der Waals surface area contributed by atoms with E-state index in [2.05, 4.69) is 11.6 Å². The second-order valence-electron chi connectivity index (χ2n) is 3.22. The van der Waals surface area contributed by atoms with Crippen LogP contribution in [0.4, 0.5) is 4.39 Å². The molecule has 0 unspecified atom stereocenters. The molecule has 0 aliphatic heterocycles. The molecule has 1 nitrogen and oxygen atoms in total. The van der Waals surface area contributed by atoms with Gasteiger partial charge in [0.15, 0.2) is 0 Å². The number of hydrogen-bond donors (Lipinski definition) is 0. The first-order valence-electron chi connectivity index (χ1n) is 4.88. The Bertz CT molecular complexity index is 461. The first-order chi connectivity index (χ1) is 7.61. The monoisotopic (exact) mass is 237 g/mol. The largest absolute Gasteiger partial charge is 0.257 e. The van der Waals surface area contributed by atoms with Crippen LogP contribution in [0.25, 0.3) is 5.70 Å². The lowest BCUT2D eigenvalue weighted by molar-refractivity contribution is 0.618. The van der Waals surface area contributed by atoms with Crippen molar-refractivity contribution in [1.29, 1.82) is 0 Å². The number of hydrogen-bond acceptors (Lipinski definition) is 1. The summed E-state index contributed by atoms with van der Waals surface area (Å²) in [7, 11) is 0. The molecule has 0 saturated heterocycles. The molecule has 0 radical (unpaired) electrons. The van der Waals surface area contributed by atoms with E-state index in [0.717, 1.165) is 5.56 Å². The summed E-state index contributed by atoms with van der Waals surface area (Å²) in [5, 5.41) is 0.129. The van der Waals surface area contributed by atoms with Gasteiger partial charge in [0.2, 0.25) is 0 Å². The predicted octanol–water partition coefficient (Wildman–Crippen LogP) is 4.41. The highest BCUT2D eigenvalue weighted by Gasteiger charge is 2.10. The van der Waals surface area contributed by atoms with E-state index in [1.54, 1.807) is 25.3 Å². The second kappa shape index (κ2) is 5.61. The molecule has 0 bridgehead atoms. The normalized spacial score (nSPS) is 12.1. The lowest BCUT2D eigenvalue weighted by Gasteiger charge is -2.07. The van der Waals surface area contributed by atoms with Crippen molar-refractivity contribution in [2.45, 2.75) is 13.8 Å². The first-order valence-corrected chi connectivity index (χ1v) is 5.26. The zero-order valence-corrected chi connectivity index (χ0v) is 10.1. The fraction of sp³-hybridized carbons (Fsp3) is 0.154. The van der Waals surface area contributed by atoms with Crippen LogP contribution in [-0.4, -0.2) is 6.21 Å². The Hall–Kier alpha value is -1.41. The molecule has 84 valence electrons. The van der Waals surface area contributed by atoms with Gasteiger partial charge in [-0.3, -0.25) is 4.99 Å². The van der Waals surface area contributed by atoms with Gasteiger partial charge in [-0.25, -0.2) is 4.39 Å². The van der Waals surface area contributed by atoms with Crippen LogP contribution in [0.2, 0.25) is 5.02 Å². The number of aliphatic imine (C=N–C) groups is 1. The summed E-state index contributed by atoms with van der Waals surface area (Å²) < 4.78 is 13.6. The highest BCUT2D eigenvalue weighted by atomic mass is 35.5. The van der Waals surface area contributed by atoms with Gasteiger partial charge in [-0.2, -0.15) is 0 Å². The van der Waals surface area contributed by atoms with Crippen molar-refractivity contribution < 1.29 is 4.39 Å². The van der Waals surface area contributed by atoms with E-state index >= 15 is 0 Å². The van der Waals surface area contributed by atoms with Crippen molar-refractivity contribution in [2.75, 3.05) is 0 Å². The van der Waals surface area contributed by atoms with Gasteiger partial charge in [-0.05, 0) is 25.5 Å². The zero-order valence-electron chi connectivity index (χ0n) is 9.30. The topological polar surface area (TPSA) is 12.4 Å². The van der Waals surface area contributed by atoms with Gasteiger partial charge in [0, 0.05) is 11.8 Å². The van der Waals surface area contributed by atoms with Gasteiger partial charge in [-0.15, -0.1) is 0 Å². The number of rotatable bonds is 3. The van der Waals surface area contributed by atoms with Gasteiger partial charge >= 0.3 is 0 Å². The van der Waals surface area contributed by atoms with Gasteiger partial charge in [0.1, 0.15) is 5.82 Å². The van der Waals surface area contributed by atoms with Crippen LogP contribution in [-0.2, 0) is 0 Å². The molecule has 0 saturated carbocycles. The molecule has 0 amide bonds. The maximum atomic E-state index is 13.6. The maximum Gasteiger partial charge on any atom is 0.145 e. The molecule has 0 aliphatic carbocycles. The molecule has 0 atom stereocenters. The Kier molecular flexibility index (Phi) is 4.44. The quantitative estimate of drug-likeness (QED) is 0.691. The van der Waals surface area contributed by atoms with Crippen molar-refractivity contribution in [3.63, 3.8) is 0 Å². The van der Waals surface area contributed by atoms with Crippen molar-refractivity contribution in [2.24, 2.45) is 4.99 Å².